The summed E-state index contributed by atoms with van der Waals surface area (Å²) in [5.74, 6) is 0. The number of anilines is 1. The van der Waals surface area contributed by atoms with Crippen LogP contribution in [0, 0.1) is 6.92 Å². The second-order valence-corrected chi connectivity index (χ2v) is 3.89. The fourth-order valence-corrected chi connectivity index (χ4v) is 2.15. The Balaban J connectivity index is 2.26. The summed E-state index contributed by atoms with van der Waals surface area (Å²) >= 11 is 0. The van der Waals surface area contributed by atoms with E-state index >= 15 is 0 Å². The minimum absolute atomic E-state index is 0.512. The second kappa shape index (κ2) is 3.96. The van der Waals surface area contributed by atoms with Gasteiger partial charge in [0.05, 0.1) is 11.9 Å². The molecule has 0 spiro atoms. The van der Waals surface area contributed by atoms with Crippen LogP contribution in [0.3, 0.4) is 0 Å². The Morgan fingerprint density at radius 3 is 3.21 bits per heavy atom. The molecule has 2 rings (SSSR count). The summed E-state index contributed by atoms with van der Waals surface area (Å²) in [6.07, 6.45) is 6.25. The van der Waals surface area contributed by atoms with Gasteiger partial charge < -0.3 is 10.6 Å². The molecule has 2 heterocycles. The van der Waals surface area contributed by atoms with E-state index in [1.165, 1.54) is 24.1 Å². The van der Waals surface area contributed by atoms with Gasteiger partial charge in [-0.15, -0.1) is 0 Å². The number of hydrogen-bond donors (Lipinski definition) is 1. The van der Waals surface area contributed by atoms with Gasteiger partial charge in [0.15, 0.2) is 0 Å². The molecule has 0 aromatic carbocycles. The van der Waals surface area contributed by atoms with Gasteiger partial charge in [0.2, 0.25) is 0 Å². The van der Waals surface area contributed by atoms with Crippen LogP contribution in [-0.4, -0.2) is 24.1 Å². The molecule has 1 aromatic heterocycles. The highest BCUT2D eigenvalue weighted by atomic mass is 15.2. The fourth-order valence-electron chi connectivity index (χ4n) is 2.15. The largest absolute Gasteiger partial charge is 0.366 e. The van der Waals surface area contributed by atoms with Gasteiger partial charge in [-0.25, -0.2) is 0 Å². The first-order valence-corrected chi connectivity index (χ1v) is 5.20. The van der Waals surface area contributed by atoms with Crippen molar-refractivity contribution in [3.05, 3.63) is 24.0 Å². The summed E-state index contributed by atoms with van der Waals surface area (Å²) in [4.78, 5) is 6.57. The van der Waals surface area contributed by atoms with Gasteiger partial charge in [0.1, 0.15) is 0 Å². The maximum Gasteiger partial charge on any atom is 0.0585 e. The molecular formula is C11H17N3. The zero-order valence-corrected chi connectivity index (χ0v) is 8.61. The predicted octanol–water partition coefficient (Wildman–Crippen LogP) is 1.32. The molecule has 76 valence electrons. The molecule has 1 fully saturated rings. The van der Waals surface area contributed by atoms with Crippen LogP contribution in [0.25, 0.3) is 0 Å². The first-order chi connectivity index (χ1) is 6.83. The Labute approximate surface area is 84.9 Å². The van der Waals surface area contributed by atoms with E-state index in [2.05, 4.69) is 22.9 Å². The molecule has 1 aliphatic heterocycles. The van der Waals surface area contributed by atoms with Crippen LogP contribution in [0.1, 0.15) is 18.4 Å². The number of nitrogens with two attached hydrogens (primary N) is 1. The predicted molar refractivity (Wildman–Crippen MR) is 58.4 cm³/mol. The summed E-state index contributed by atoms with van der Waals surface area (Å²) in [5.41, 5.74) is 8.29. The van der Waals surface area contributed by atoms with E-state index < -0.39 is 0 Å². The van der Waals surface area contributed by atoms with Crippen molar-refractivity contribution in [2.24, 2.45) is 5.73 Å². The topological polar surface area (TPSA) is 42.2 Å². The molecule has 14 heavy (non-hydrogen) atoms. The first kappa shape index (κ1) is 9.46. The standard InChI is InChI=1S/C11H17N3/c1-9-4-5-13-8-11(9)14-6-2-3-10(14)7-12/h4-5,8,10H,2-3,6-7,12H2,1H3/t10-/m0/s1. The summed E-state index contributed by atoms with van der Waals surface area (Å²) in [6.45, 7) is 3.99. The Bertz CT molecular complexity index is 311. The van der Waals surface area contributed by atoms with Crippen LogP contribution in [0.5, 0.6) is 0 Å². The van der Waals surface area contributed by atoms with E-state index in [1.807, 2.05) is 12.4 Å². The molecule has 0 aliphatic carbocycles. The van der Waals surface area contributed by atoms with Crippen molar-refractivity contribution in [1.29, 1.82) is 0 Å². The quantitative estimate of drug-likeness (QED) is 0.766. The lowest BCUT2D eigenvalue weighted by Crippen LogP contribution is -2.35. The van der Waals surface area contributed by atoms with E-state index in [4.69, 9.17) is 5.73 Å². The SMILES string of the molecule is Cc1ccncc1N1CCC[C@H]1CN. The van der Waals surface area contributed by atoms with E-state index in [-0.39, 0.29) is 0 Å². The highest BCUT2D eigenvalue weighted by Crippen LogP contribution is 2.26. The summed E-state index contributed by atoms with van der Waals surface area (Å²) < 4.78 is 0. The van der Waals surface area contributed by atoms with Gasteiger partial charge in [0, 0.05) is 25.3 Å². The average Bonchev–Trinajstić information content (AvgIpc) is 2.66. The number of aromatic nitrogens is 1. The maximum atomic E-state index is 5.75. The second-order valence-electron chi connectivity index (χ2n) is 3.89. The lowest BCUT2D eigenvalue weighted by atomic mass is 10.2. The van der Waals surface area contributed by atoms with Gasteiger partial charge in [-0.3, -0.25) is 4.98 Å². The van der Waals surface area contributed by atoms with Gasteiger partial charge in [-0.1, -0.05) is 0 Å². The molecule has 0 amide bonds. The number of hydrogen-bond acceptors (Lipinski definition) is 3. The molecule has 1 saturated heterocycles. The van der Waals surface area contributed by atoms with Crippen LogP contribution < -0.4 is 10.6 Å². The molecule has 0 bridgehead atoms. The molecule has 3 heteroatoms. The van der Waals surface area contributed by atoms with Gasteiger partial charge >= 0.3 is 0 Å². The Morgan fingerprint density at radius 2 is 2.50 bits per heavy atom. The van der Waals surface area contributed by atoms with Crippen LogP contribution >= 0.6 is 0 Å². The molecule has 0 unspecified atom stereocenters. The lowest BCUT2D eigenvalue weighted by Gasteiger charge is -2.26. The van der Waals surface area contributed by atoms with Crippen molar-refractivity contribution in [2.45, 2.75) is 25.8 Å². The summed E-state index contributed by atoms with van der Waals surface area (Å²) in [5, 5.41) is 0. The van der Waals surface area contributed by atoms with Crippen molar-refractivity contribution < 1.29 is 0 Å². The Morgan fingerprint density at radius 1 is 1.64 bits per heavy atom. The summed E-state index contributed by atoms with van der Waals surface area (Å²) in [6, 6.07) is 2.57. The van der Waals surface area contributed by atoms with E-state index in [9.17, 15) is 0 Å². The molecule has 2 N–H and O–H groups in total. The van der Waals surface area contributed by atoms with Crippen molar-refractivity contribution >= 4 is 5.69 Å². The van der Waals surface area contributed by atoms with Crippen LogP contribution in [-0.2, 0) is 0 Å². The number of rotatable bonds is 2. The van der Waals surface area contributed by atoms with Crippen LogP contribution in [0.15, 0.2) is 18.5 Å². The molecule has 1 atom stereocenters. The molecule has 1 aliphatic rings. The van der Waals surface area contributed by atoms with Gasteiger partial charge in [-0.2, -0.15) is 0 Å². The number of pyridine rings is 1. The normalized spacial score (nSPS) is 21.6. The molecular weight excluding hydrogens is 174 g/mol. The van der Waals surface area contributed by atoms with Crippen molar-refractivity contribution in [3.63, 3.8) is 0 Å². The van der Waals surface area contributed by atoms with Crippen molar-refractivity contribution in [2.75, 3.05) is 18.0 Å². The zero-order valence-electron chi connectivity index (χ0n) is 8.61. The third-order valence-electron chi connectivity index (χ3n) is 2.97. The van der Waals surface area contributed by atoms with Crippen molar-refractivity contribution in [1.82, 2.24) is 4.98 Å². The smallest absolute Gasteiger partial charge is 0.0585 e. The number of aryl methyl sites for hydroxylation is 1. The lowest BCUT2D eigenvalue weighted by molar-refractivity contribution is 0.675. The fraction of sp³-hybridized carbons (Fsp3) is 0.545. The Hall–Kier alpha value is -1.09. The van der Waals surface area contributed by atoms with E-state index in [0.29, 0.717) is 6.04 Å². The first-order valence-electron chi connectivity index (χ1n) is 5.20. The molecule has 1 aromatic rings. The maximum absolute atomic E-state index is 5.75. The monoisotopic (exact) mass is 191 g/mol. The third-order valence-corrected chi connectivity index (χ3v) is 2.97. The molecule has 3 nitrogen and oxygen atoms in total. The van der Waals surface area contributed by atoms with Crippen molar-refractivity contribution in [3.8, 4) is 0 Å². The minimum atomic E-state index is 0.512. The van der Waals surface area contributed by atoms with Crippen LogP contribution in [0.4, 0.5) is 5.69 Å². The molecule has 0 saturated carbocycles. The van der Waals surface area contributed by atoms with Crippen LogP contribution in [0.2, 0.25) is 0 Å². The highest BCUT2D eigenvalue weighted by Gasteiger charge is 2.24. The van der Waals surface area contributed by atoms with E-state index in [0.717, 1.165) is 13.1 Å². The van der Waals surface area contributed by atoms with Gasteiger partial charge in [0.25, 0.3) is 0 Å². The van der Waals surface area contributed by atoms with Gasteiger partial charge in [-0.05, 0) is 31.4 Å². The third kappa shape index (κ3) is 1.60. The summed E-state index contributed by atoms with van der Waals surface area (Å²) in [7, 11) is 0. The molecule has 0 radical (unpaired) electrons. The highest BCUT2D eigenvalue weighted by molar-refractivity contribution is 5.52. The average molecular weight is 191 g/mol. The number of nitrogens with zero attached hydrogens (tertiary/aromatic N) is 2. The zero-order chi connectivity index (χ0) is 9.97. The Kier molecular flexibility index (Phi) is 2.68. The van der Waals surface area contributed by atoms with E-state index in [1.54, 1.807) is 0 Å². The minimum Gasteiger partial charge on any atom is -0.366 e.